The summed E-state index contributed by atoms with van der Waals surface area (Å²) in [6.07, 6.45) is -10.3. The Hall–Kier alpha value is -2.24. The summed E-state index contributed by atoms with van der Waals surface area (Å²) >= 11 is 2.09. The van der Waals surface area contributed by atoms with Crippen molar-refractivity contribution in [2.45, 2.75) is 48.7 Å². The van der Waals surface area contributed by atoms with Crippen LogP contribution in [0.3, 0.4) is 0 Å². The van der Waals surface area contributed by atoms with Gasteiger partial charge >= 0.3 is 12.1 Å². The average molecular weight is 672 g/mol. The van der Waals surface area contributed by atoms with Gasteiger partial charge in [0.05, 0.1) is 23.7 Å². The van der Waals surface area contributed by atoms with Crippen LogP contribution >= 0.6 is 22.6 Å². The molecular weight excluding hydrogens is 648 g/mol. The number of benzene rings is 2. The van der Waals surface area contributed by atoms with Crippen molar-refractivity contribution in [2.24, 2.45) is 0 Å². The molecule has 0 aliphatic carbocycles. The first-order valence-corrected chi connectivity index (χ1v) is 13.5. The Bertz CT molecular complexity index is 1220. The molecule has 2 aromatic carbocycles. The molecule has 2 aromatic rings. The van der Waals surface area contributed by atoms with Crippen molar-refractivity contribution in [3.8, 4) is 5.75 Å². The predicted molar refractivity (Wildman–Crippen MR) is 135 cm³/mol. The largest absolute Gasteiger partial charge is 0.461 e. The molecule has 208 valence electrons. The number of halogens is 4. The van der Waals surface area contributed by atoms with Gasteiger partial charge in [-0.2, -0.15) is 21.6 Å². The van der Waals surface area contributed by atoms with Gasteiger partial charge in [-0.1, -0.05) is 12.1 Å². The van der Waals surface area contributed by atoms with Gasteiger partial charge in [0.1, 0.15) is 24.1 Å². The highest BCUT2D eigenvalue weighted by Gasteiger charge is 2.50. The minimum atomic E-state index is -4.77. The van der Waals surface area contributed by atoms with E-state index >= 15 is 0 Å². The minimum absolute atomic E-state index is 0.0775. The molecule has 14 heteroatoms. The molecule has 1 fully saturated rings. The van der Waals surface area contributed by atoms with Crippen LogP contribution in [0.2, 0.25) is 0 Å². The Morgan fingerprint density at radius 1 is 1.18 bits per heavy atom. The van der Waals surface area contributed by atoms with Crippen molar-refractivity contribution < 1.29 is 54.6 Å². The van der Waals surface area contributed by atoms with Gasteiger partial charge in [0, 0.05) is 10.5 Å². The van der Waals surface area contributed by atoms with Gasteiger partial charge in [0.15, 0.2) is 6.10 Å². The van der Waals surface area contributed by atoms with Crippen molar-refractivity contribution in [1.29, 1.82) is 0 Å². The standard InChI is InChI=1S/C24H24F3IO9S/c1-3-11-33-21-20(30)19(13-34-38(31,32)18-6-4-5-15(12-18)24(25,26)27)37-23(22(21)35-14(2)29)36-17-9-7-16(28)8-10-17/h3-10,12,19-23,30H,1,11,13H2,2H3/t19-,20-,21+,22-,23-/m1/s1. The highest BCUT2D eigenvalue weighted by atomic mass is 127. The van der Waals surface area contributed by atoms with E-state index in [0.29, 0.717) is 11.8 Å². The number of aliphatic hydroxyl groups is 1. The molecule has 1 aliphatic rings. The Morgan fingerprint density at radius 3 is 2.47 bits per heavy atom. The van der Waals surface area contributed by atoms with Crippen LogP contribution in [0.15, 0.2) is 66.1 Å². The van der Waals surface area contributed by atoms with E-state index in [1.807, 2.05) is 0 Å². The molecule has 1 heterocycles. The zero-order chi connectivity index (χ0) is 28.1. The molecule has 3 rings (SSSR count). The number of alkyl halides is 3. The van der Waals surface area contributed by atoms with Crippen LogP contribution in [0.5, 0.6) is 5.75 Å². The number of hydrogen-bond donors (Lipinski definition) is 1. The van der Waals surface area contributed by atoms with E-state index in [0.717, 1.165) is 28.7 Å². The highest BCUT2D eigenvalue weighted by molar-refractivity contribution is 14.1. The van der Waals surface area contributed by atoms with E-state index in [4.69, 9.17) is 23.1 Å². The summed E-state index contributed by atoms with van der Waals surface area (Å²) in [4.78, 5) is 11.1. The Kier molecular flexibility index (Phi) is 10.2. The number of hydrogen-bond acceptors (Lipinski definition) is 9. The van der Waals surface area contributed by atoms with Gasteiger partial charge in [-0.15, -0.1) is 6.58 Å². The number of carbonyl (C=O) groups is 1. The van der Waals surface area contributed by atoms with Crippen LogP contribution in [0.4, 0.5) is 13.2 Å². The van der Waals surface area contributed by atoms with E-state index in [9.17, 15) is 31.5 Å². The fourth-order valence-electron chi connectivity index (χ4n) is 3.51. The van der Waals surface area contributed by atoms with Crippen molar-refractivity contribution in [1.82, 2.24) is 0 Å². The predicted octanol–water partition coefficient (Wildman–Crippen LogP) is 3.68. The molecule has 0 bridgehead atoms. The van der Waals surface area contributed by atoms with Gasteiger partial charge < -0.3 is 24.1 Å². The Labute approximate surface area is 230 Å². The maximum atomic E-state index is 13.0. The summed E-state index contributed by atoms with van der Waals surface area (Å²) in [7, 11) is -4.69. The molecule has 0 spiro atoms. The molecule has 1 aliphatic heterocycles. The van der Waals surface area contributed by atoms with E-state index in [-0.39, 0.29) is 6.61 Å². The third-order valence-corrected chi connectivity index (χ3v) is 7.23. The van der Waals surface area contributed by atoms with Crippen LogP contribution < -0.4 is 4.74 Å². The summed E-state index contributed by atoms with van der Waals surface area (Å²) in [5.74, 6) is -0.418. The van der Waals surface area contributed by atoms with Crippen molar-refractivity contribution >= 4 is 38.7 Å². The number of aliphatic hydroxyl groups excluding tert-OH is 1. The number of carbonyl (C=O) groups excluding carboxylic acids is 1. The molecule has 1 saturated heterocycles. The van der Waals surface area contributed by atoms with Gasteiger partial charge in [0.2, 0.25) is 6.29 Å². The molecule has 0 amide bonds. The lowest BCUT2D eigenvalue weighted by Crippen LogP contribution is -2.62. The van der Waals surface area contributed by atoms with Crippen LogP contribution in [0.25, 0.3) is 0 Å². The molecule has 0 aromatic heterocycles. The summed E-state index contributed by atoms with van der Waals surface area (Å²) in [5, 5.41) is 10.9. The van der Waals surface area contributed by atoms with Crippen LogP contribution in [-0.4, -0.2) is 63.4 Å². The smallest absolute Gasteiger partial charge is 0.416 e. The summed E-state index contributed by atoms with van der Waals surface area (Å²) in [5.41, 5.74) is -1.18. The first-order chi connectivity index (χ1) is 17.8. The van der Waals surface area contributed by atoms with Crippen molar-refractivity contribution in [3.05, 3.63) is 70.3 Å². The molecule has 38 heavy (non-hydrogen) atoms. The second-order valence-electron chi connectivity index (χ2n) is 8.03. The molecule has 5 atom stereocenters. The van der Waals surface area contributed by atoms with Crippen LogP contribution in [-0.2, 0) is 39.5 Å². The lowest BCUT2D eigenvalue weighted by molar-refractivity contribution is -0.287. The number of esters is 1. The normalized spacial score (nSPS) is 24.0. The number of rotatable bonds is 10. The van der Waals surface area contributed by atoms with Gasteiger partial charge in [0.25, 0.3) is 10.1 Å². The highest BCUT2D eigenvalue weighted by Crippen LogP contribution is 2.32. The quantitative estimate of drug-likeness (QED) is 0.175. The minimum Gasteiger partial charge on any atom is -0.461 e. The van der Waals surface area contributed by atoms with E-state index in [2.05, 4.69) is 29.2 Å². The second-order valence-corrected chi connectivity index (χ2v) is 10.9. The van der Waals surface area contributed by atoms with Gasteiger partial charge in [-0.05, 0) is 65.1 Å². The SMILES string of the molecule is C=CCO[C@H]1[C@H](O)[C@@H](COS(=O)(=O)c2cccc(C(F)(F)F)c2)O[C@@H](Oc2ccc(I)cc2)[C@@H]1OC(C)=O. The summed E-state index contributed by atoms with van der Waals surface area (Å²) in [6, 6.07) is 9.73. The van der Waals surface area contributed by atoms with E-state index in [1.54, 1.807) is 24.3 Å². The molecule has 0 unspecified atom stereocenters. The van der Waals surface area contributed by atoms with Gasteiger partial charge in [-0.3, -0.25) is 8.98 Å². The fourth-order valence-corrected chi connectivity index (χ4v) is 4.84. The maximum absolute atomic E-state index is 13.0. The fraction of sp³-hybridized carbons (Fsp3) is 0.375. The Balaban J connectivity index is 1.86. The first-order valence-electron chi connectivity index (χ1n) is 11.0. The van der Waals surface area contributed by atoms with Crippen molar-refractivity contribution in [3.63, 3.8) is 0 Å². The molecule has 0 radical (unpaired) electrons. The van der Waals surface area contributed by atoms with E-state index in [1.165, 1.54) is 6.08 Å². The lowest BCUT2D eigenvalue weighted by Gasteiger charge is -2.43. The topological polar surface area (TPSA) is 118 Å². The van der Waals surface area contributed by atoms with Crippen molar-refractivity contribution in [2.75, 3.05) is 13.2 Å². The zero-order valence-electron chi connectivity index (χ0n) is 19.8. The van der Waals surface area contributed by atoms with Crippen LogP contribution in [0.1, 0.15) is 12.5 Å². The maximum Gasteiger partial charge on any atom is 0.416 e. The molecule has 1 N–H and O–H groups in total. The molecule has 9 nitrogen and oxygen atoms in total. The zero-order valence-corrected chi connectivity index (χ0v) is 22.8. The first kappa shape index (κ1) is 30.3. The molecule has 0 saturated carbocycles. The summed E-state index contributed by atoms with van der Waals surface area (Å²) in [6.45, 7) is 3.78. The Morgan fingerprint density at radius 2 is 1.87 bits per heavy atom. The van der Waals surface area contributed by atoms with Crippen LogP contribution in [0, 0.1) is 3.57 Å². The number of ether oxygens (including phenoxy) is 4. The second kappa shape index (κ2) is 12.7. The molecular formula is C24H24F3IO9S. The average Bonchev–Trinajstić information content (AvgIpc) is 2.85. The van der Waals surface area contributed by atoms with E-state index < -0.39 is 70.0 Å². The third kappa shape index (κ3) is 7.89. The summed E-state index contributed by atoms with van der Waals surface area (Å²) < 4.78 is 92.8. The third-order valence-electron chi connectivity index (χ3n) is 5.23. The van der Waals surface area contributed by atoms with Gasteiger partial charge in [-0.25, -0.2) is 0 Å². The lowest BCUT2D eigenvalue weighted by atomic mass is 9.98. The monoisotopic (exact) mass is 672 g/mol.